The molecular weight excluding hydrogens is 276 g/mol. The molecular formula is C15H11ClN2O2. The number of hydrogen-bond acceptors (Lipinski definition) is 2. The summed E-state index contributed by atoms with van der Waals surface area (Å²) in [6.45, 7) is 0. The predicted octanol–water partition coefficient (Wildman–Crippen LogP) is 3.37. The first-order valence-electron chi connectivity index (χ1n) is 5.96. The first-order valence-corrected chi connectivity index (χ1v) is 6.34. The fourth-order valence-electron chi connectivity index (χ4n) is 2.31. The summed E-state index contributed by atoms with van der Waals surface area (Å²) in [4.78, 5) is 11.3. The topological polar surface area (TPSA) is 68.2 Å². The van der Waals surface area contributed by atoms with Crippen molar-refractivity contribution in [3.05, 3.63) is 59.1 Å². The van der Waals surface area contributed by atoms with E-state index < -0.39 is 5.97 Å². The van der Waals surface area contributed by atoms with Crippen LogP contribution in [0.25, 0.3) is 22.2 Å². The van der Waals surface area contributed by atoms with Crippen LogP contribution in [0.5, 0.6) is 0 Å². The minimum absolute atomic E-state index is 0.216. The van der Waals surface area contributed by atoms with Crippen molar-refractivity contribution in [2.24, 2.45) is 0 Å². The zero-order chi connectivity index (χ0) is 14.3. The van der Waals surface area contributed by atoms with E-state index in [0.29, 0.717) is 16.3 Å². The zero-order valence-electron chi connectivity index (χ0n) is 10.4. The van der Waals surface area contributed by atoms with E-state index in [1.54, 1.807) is 36.4 Å². The van der Waals surface area contributed by atoms with Crippen molar-refractivity contribution in [3.8, 4) is 11.3 Å². The number of rotatable bonds is 2. The smallest absolute Gasteiger partial charge is 0.336 e. The van der Waals surface area contributed by atoms with Crippen LogP contribution in [-0.2, 0) is 0 Å². The van der Waals surface area contributed by atoms with E-state index in [2.05, 4.69) is 0 Å². The van der Waals surface area contributed by atoms with Crippen molar-refractivity contribution in [2.75, 3.05) is 5.84 Å². The van der Waals surface area contributed by atoms with Crippen molar-refractivity contribution in [1.29, 1.82) is 0 Å². The van der Waals surface area contributed by atoms with Crippen molar-refractivity contribution in [1.82, 2.24) is 4.68 Å². The fourth-order valence-corrected chi connectivity index (χ4v) is 2.49. The Labute approximate surface area is 120 Å². The van der Waals surface area contributed by atoms with Crippen LogP contribution in [0.15, 0.2) is 48.5 Å². The van der Waals surface area contributed by atoms with Crippen LogP contribution < -0.4 is 5.84 Å². The second-order valence-corrected chi connectivity index (χ2v) is 4.89. The molecule has 5 heteroatoms. The van der Waals surface area contributed by atoms with Gasteiger partial charge in [0.2, 0.25) is 0 Å². The van der Waals surface area contributed by atoms with Gasteiger partial charge in [0, 0.05) is 16.0 Å². The molecule has 3 rings (SSSR count). The van der Waals surface area contributed by atoms with E-state index >= 15 is 0 Å². The molecule has 0 spiro atoms. The number of hydrogen-bond donors (Lipinski definition) is 2. The highest BCUT2D eigenvalue weighted by Gasteiger charge is 2.15. The normalized spacial score (nSPS) is 10.8. The number of fused-ring (bicyclic) bond motifs is 1. The van der Waals surface area contributed by atoms with Gasteiger partial charge in [-0.15, -0.1) is 0 Å². The standard InChI is InChI=1S/C15H11ClN2O2/c16-10-5-6-13-9(7-10)8-14(18(13)17)11-3-1-2-4-12(11)15(19)20/h1-8H,17H2,(H,19,20). The average Bonchev–Trinajstić information content (AvgIpc) is 2.75. The molecule has 0 aliphatic rings. The molecule has 3 N–H and O–H groups in total. The highest BCUT2D eigenvalue weighted by atomic mass is 35.5. The van der Waals surface area contributed by atoms with Gasteiger partial charge in [-0.3, -0.25) is 4.68 Å². The van der Waals surface area contributed by atoms with Crippen molar-refractivity contribution >= 4 is 28.5 Å². The molecule has 0 saturated heterocycles. The zero-order valence-corrected chi connectivity index (χ0v) is 11.1. The molecule has 1 heterocycles. The Morgan fingerprint density at radius 2 is 1.90 bits per heavy atom. The molecule has 0 amide bonds. The van der Waals surface area contributed by atoms with Crippen LogP contribution in [0.2, 0.25) is 5.02 Å². The molecule has 20 heavy (non-hydrogen) atoms. The number of carboxylic acids is 1. The quantitative estimate of drug-likeness (QED) is 0.710. The summed E-state index contributed by atoms with van der Waals surface area (Å²) in [6.07, 6.45) is 0. The summed E-state index contributed by atoms with van der Waals surface area (Å²) in [5.74, 6) is 5.09. The number of carboxylic acid groups (broad SMARTS) is 1. The summed E-state index contributed by atoms with van der Waals surface area (Å²) in [6, 6.07) is 14.0. The van der Waals surface area contributed by atoms with Crippen molar-refractivity contribution < 1.29 is 9.90 Å². The number of nitrogens with zero attached hydrogens (tertiary/aromatic N) is 1. The van der Waals surface area contributed by atoms with Crippen LogP contribution in [0, 0.1) is 0 Å². The minimum atomic E-state index is -0.983. The van der Waals surface area contributed by atoms with Crippen LogP contribution in [0.4, 0.5) is 0 Å². The van der Waals surface area contributed by atoms with Gasteiger partial charge in [-0.05, 0) is 30.3 Å². The molecule has 2 aromatic carbocycles. The molecule has 0 radical (unpaired) electrons. The Kier molecular flexibility index (Phi) is 2.88. The molecule has 4 nitrogen and oxygen atoms in total. The van der Waals surface area contributed by atoms with Crippen molar-refractivity contribution in [3.63, 3.8) is 0 Å². The van der Waals surface area contributed by atoms with Crippen molar-refractivity contribution in [2.45, 2.75) is 0 Å². The van der Waals surface area contributed by atoms with Gasteiger partial charge in [0.15, 0.2) is 0 Å². The van der Waals surface area contributed by atoms with Gasteiger partial charge >= 0.3 is 5.97 Å². The molecule has 0 saturated carbocycles. The first-order chi connectivity index (χ1) is 9.58. The number of halogens is 1. The number of nitrogens with two attached hydrogens (primary N) is 1. The number of benzene rings is 2. The molecule has 0 atom stereocenters. The van der Waals surface area contributed by atoms with E-state index in [1.165, 1.54) is 4.68 Å². The minimum Gasteiger partial charge on any atom is -0.478 e. The maximum atomic E-state index is 11.3. The summed E-state index contributed by atoms with van der Waals surface area (Å²) < 4.78 is 1.48. The molecule has 0 bridgehead atoms. The number of aromatic nitrogens is 1. The van der Waals surface area contributed by atoms with Crippen LogP contribution in [-0.4, -0.2) is 15.8 Å². The molecule has 100 valence electrons. The summed E-state index contributed by atoms with van der Waals surface area (Å²) in [5, 5.41) is 10.7. The highest BCUT2D eigenvalue weighted by Crippen LogP contribution is 2.30. The first kappa shape index (κ1) is 12.6. The second kappa shape index (κ2) is 4.58. The Hall–Kier alpha value is -2.46. The number of nitrogen functional groups attached to an aromatic ring is 1. The average molecular weight is 287 g/mol. The Morgan fingerprint density at radius 3 is 2.65 bits per heavy atom. The molecule has 0 aliphatic heterocycles. The molecule has 0 aliphatic carbocycles. The third-order valence-electron chi connectivity index (χ3n) is 3.23. The van der Waals surface area contributed by atoms with Gasteiger partial charge in [0.25, 0.3) is 0 Å². The van der Waals surface area contributed by atoms with Crippen LogP contribution >= 0.6 is 11.6 Å². The lowest BCUT2D eigenvalue weighted by molar-refractivity contribution is 0.0697. The van der Waals surface area contributed by atoms with Gasteiger partial charge in [-0.1, -0.05) is 29.8 Å². The van der Waals surface area contributed by atoms with E-state index in [0.717, 1.165) is 10.9 Å². The van der Waals surface area contributed by atoms with Crippen LogP contribution in [0.3, 0.4) is 0 Å². The van der Waals surface area contributed by atoms with E-state index in [1.807, 2.05) is 12.1 Å². The Balaban J connectivity index is 2.30. The summed E-state index contributed by atoms with van der Waals surface area (Å²) in [7, 11) is 0. The largest absolute Gasteiger partial charge is 0.478 e. The lowest BCUT2D eigenvalue weighted by Crippen LogP contribution is -2.10. The number of carbonyl (C=O) groups is 1. The van der Waals surface area contributed by atoms with Gasteiger partial charge < -0.3 is 10.9 Å². The maximum absolute atomic E-state index is 11.3. The second-order valence-electron chi connectivity index (χ2n) is 4.45. The molecule has 0 fully saturated rings. The predicted molar refractivity (Wildman–Crippen MR) is 79.5 cm³/mol. The Morgan fingerprint density at radius 1 is 1.15 bits per heavy atom. The third kappa shape index (κ3) is 1.90. The summed E-state index contributed by atoms with van der Waals surface area (Å²) >= 11 is 5.96. The fraction of sp³-hybridized carbons (Fsp3) is 0. The number of aromatic carboxylic acids is 1. The van der Waals surface area contributed by atoms with E-state index in [4.69, 9.17) is 17.4 Å². The van der Waals surface area contributed by atoms with Gasteiger partial charge in [0.05, 0.1) is 16.8 Å². The third-order valence-corrected chi connectivity index (χ3v) is 3.47. The van der Waals surface area contributed by atoms with Crippen LogP contribution in [0.1, 0.15) is 10.4 Å². The molecule has 1 aromatic heterocycles. The SMILES string of the molecule is Nn1c(-c2ccccc2C(=O)O)cc2cc(Cl)ccc21. The lowest BCUT2D eigenvalue weighted by atomic mass is 10.0. The van der Waals surface area contributed by atoms with E-state index in [-0.39, 0.29) is 5.56 Å². The maximum Gasteiger partial charge on any atom is 0.336 e. The van der Waals surface area contributed by atoms with E-state index in [9.17, 15) is 9.90 Å². The summed E-state index contributed by atoms with van der Waals surface area (Å²) in [5.41, 5.74) is 2.23. The van der Waals surface area contributed by atoms with Gasteiger partial charge in [0.1, 0.15) is 0 Å². The monoisotopic (exact) mass is 286 g/mol. The van der Waals surface area contributed by atoms with Gasteiger partial charge in [-0.2, -0.15) is 0 Å². The van der Waals surface area contributed by atoms with Gasteiger partial charge in [-0.25, -0.2) is 4.79 Å². The molecule has 0 unspecified atom stereocenters. The highest BCUT2D eigenvalue weighted by molar-refractivity contribution is 6.31. The lowest BCUT2D eigenvalue weighted by Gasteiger charge is -2.07. The Bertz CT molecular complexity index is 824. The molecule has 3 aromatic rings.